The molecular weight excluding hydrogens is 184 g/mol. The molecule has 0 heterocycles. The molecule has 2 heteroatoms. The second kappa shape index (κ2) is 6.08. The van der Waals surface area contributed by atoms with Crippen LogP contribution in [0.2, 0.25) is 0 Å². The predicted molar refractivity (Wildman–Crippen MR) is 63.7 cm³/mol. The summed E-state index contributed by atoms with van der Waals surface area (Å²) in [7, 11) is 0. The van der Waals surface area contributed by atoms with Gasteiger partial charge in [-0.2, -0.15) is 5.26 Å². The summed E-state index contributed by atoms with van der Waals surface area (Å²) in [6, 6.07) is 10.6. The molecule has 15 heavy (non-hydrogen) atoms. The van der Waals surface area contributed by atoms with Crippen LogP contribution in [-0.2, 0) is 6.42 Å². The normalized spacial score (nSPS) is 11.8. The third kappa shape index (κ3) is 4.03. The van der Waals surface area contributed by atoms with Gasteiger partial charge in [0.15, 0.2) is 0 Å². The first-order valence-corrected chi connectivity index (χ1v) is 5.48. The zero-order valence-corrected chi connectivity index (χ0v) is 9.46. The van der Waals surface area contributed by atoms with Crippen molar-refractivity contribution in [2.75, 3.05) is 11.9 Å². The van der Waals surface area contributed by atoms with E-state index in [-0.39, 0.29) is 5.92 Å². The average Bonchev–Trinajstić information content (AvgIpc) is 2.28. The lowest BCUT2D eigenvalue weighted by molar-refractivity contribution is 0.786. The zero-order chi connectivity index (χ0) is 11.1. The quantitative estimate of drug-likeness (QED) is 0.795. The number of nitrogens with one attached hydrogen (secondary N) is 1. The van der Waals surface area contributed by atoms with E-state index in [0.29, 0.717) is 6.54 Å². The van der Waals surface area contributed by atoms with E-state index in [1.54, 1.807) is 0 Å². The fraction of sp³-hybridized carbons (Fsp3) is 0.462. The summed E-state index contributed by atoms with van der Waals surface area (Å²) in [5.41, 5.74) is 2.47. The Bertz CT molecular complexity index is 321. The highest BCUT2D eigenvalue weighted by Gasteiger charge is 1.98. The van der Waals surface area contributed by atoms with Gasteiger partial charge in [0.2, 0.25) is 0 Å². The number of nitrogens with zero attached hydrogens (tertiary/aromatic N) is 1. The van der Waals surface area contributed by atoms with Crippen molar-refractivity contribution in [3.63, 3.8) is 0 Å². The van der Waals surface area contributed by atoms with Crippen molar-refractivity contribution in [1.82, 2.24) is 0 Å². The van der Waals surface area contributed by atoms with Gasteiger partial charge in [0, 0.05) is 12.2 Å². The van der Waals surface area contributed by atoms with Crippen LogP contribution in [0, 0.1) is 17.2 Å². The molecule has 1 unspecified atom stereocenters. The molecule has 0 aliphatic carbocycles. The first-order valence-electron chi connectivity index (χ1n) is 5.48. The molecule has 1 aromatic rings. The average molecular weight is 202 g/mol. The Kier molecular flexibility index (Phi) is 4.70. The molecule has 0 aliphatic rings. The lowest BCUT2D eigenvalue weighted by Crippen LogP contribution is -2.09. The summed E-state index contributed by atoms with van der Waals surface area (Å²) in [6.45, 7) is 4.81. The van der Waals surface area contributed by atoms with Crippen LogP contribution in [0.1, 0.15) is 25.8 Å². The molecule has 0 spiro atoms. The maximum Gasteiger partial charge on any atom is 0.0671 e. The Labute approximate surface area is 91.9 Å². The number of nitriles is 1. The molecule has 0 aromatic heterocycles. The number of anilines is 1. The standard InChI is InChI=1S/C13H18N2/c1-3-4-12-5-7-13(8-6-12)15-10-11(2)9-14/h5-8,11,15H,3-4,10H2,1-2H3. The second-order valence-electron chi connectivity index (χ2n) is 3.86. The minimum Gasteiger partial charge on any atom is -0.384 e. The molecule has 0 radical (unpaired) electrons. The van der Waals surface area contributed by atoms with Crippen LogP contribution in [-0.4, -0.2) is 6.54 Å². The van der Waals surface area contributed by atoms with E-state index in [2.05, 4.69) is 42.6 Å². The Hall–Kier alpha value is -1.49. The lowest BCUT2D eigenvalue weighted by Gasteiger charge is -2.08. The summed E-state index contributed by atoms with van der Waals surface area (Å²) >= 11 is 0. The SMILES string of the molecule is CCCc1ccc(NCC(C)C#N)cc1. The highest BCUT2D eigenvalue weighted by Crippen LogP contribution is 2.11. The molecule has 0 fully saturated rings. The van der Waals surface area contributed by atoms with Gasteiger partial charge in [-0.3, -0.25) is 0 Å². The minimum atomic E-state index is 0.0559. The van der Waals surface area contributed by atoms with E-state index in [1.807, 2.05) is 6.92 Å². The van der Waals surface area contributed by atoms with Crippen molar-refractivity contribution in [2.24, 2.45) is 5.92 Å². The largest absolute Gasteiger partial charge is 0.384 e. The van der Waals surface area contributed by atoms with Gasteiger partial charge in [-0.05, 0) is 31.0 Å². The van der Waals surface area contributed by atoms with E-state index < -0.39 is 0 Å². The van der Waals surface area contributed by atoms with Crippen LogP contribution >= 0.6 is 0 Å². The maximum atomic E-state index is 8.64. The van der Waals surface area contributed by atoms with Crippen LogP contribution in [0.15, 0.2) is 24.3 Å². The van der Waals surface area contributed by atoms with Crippen LogP contribution in [0.3, 0.4) is 0 Å². The summed E-state index contributed by atoms with van der Waals surface area (Å²) in [5.74, 6) is 0.0559. The zero-order valence-electron chi connectivity index (χ0n) is 9.46. The van der Waals surface area contributed by atoms with E-state index in [0.717, 1.165) is 12.1 Å². The van der Waals surface area contributed by atoms with Gasteiger partial charge in [0.25, 0.3) is 0 Å². The van der Waals surface area contributed by atoms with Crippen molar-refractivity contribution >= 4 is 5.69 Å². The van der Waals surface area contributed by atoms with Gasteiger partial charge in [-0.15, -0.1) is 0 Å². The third-order valence-corrected chi connectivity index (χ3v) is 2.33. The van der Waals surface area contributed by atoms with Crippen molar-refractivity contribution in [3.8, 4) is 6.07 Å². The van der Waals surface area contributed by atoms with Gasteiger partial charge >= 0.3 is 0 Å². The Morgan fingerprint density at radius 2 is 2.00 bits per heavy atom. The number of benzene rings is 1. The fourth-order valence-electron chi connectivity index (χ4n) is 1.39. The summed E-state index contributed by atoms with van der Waals surface area (Å²) in [4.78, 5) is 0. The highest BCUT2D eigenvalue weighted by molar-refractivity contribution is 5.44. The molecule has 1 rings (SSSR count). The summed E-state index contributed by atoms with van der Waals surface area (Å²) < 4.78 is 0. The molecule has 80 valence electrons. The van der Waals surface area contributed by atoms with Crippen molar-refractivity contribution in [2.45, 2.75) is 26.7 Å². The molecule has 2 nitrogen and oxygen atoms in total. The molecule has 0 amide bonds. The van der Waals surface area contributed by atoms with E-state index in [4.69, 9.17) is 5.26 Å². The molecule has 1 N–H and O–H groups in total. The van der Waals surface area contributed by atoms with Crippen molar-refractivity contribution in [1.29, 1.82) is 5.26 Å². The van der Waals surface area contributed by atoms with Gasteiger partial charge in [-0.1, -0.05) is 25.5 Å². The molecule has 0 saturated carbocycles. The monoisotopic (exact) mass is 202 g/mol. The molecule has 0 aliphatic heterocycles. The predicted octanol–water partition coefficient (Wildman–Crippen LogP) is 3.21. The van der Waals surface area contributed by atoms with Crippen LogP contribution in [0.5, 0.6) is 0 Å². The number of aryl methyl sites for hydroxylation is 1. The van der Waals surface area contributed by atoms with Gasteiger partial charge < -0.3 is 5.32 Å². The minimum absolute atomic E-state index is 0.0559. The van der Waals surface area contributed by atoms with Crippen molar-refractivity contribution in [3.05, 3.63) is 29.8 Å². The van der Waals surface area contributed by atoms with Gasteiger partial charge in [0.05, 0.1) is 12.0 Å². The molecule has 0 bridgehead atoms. The Balaban J connectivity index is 2.46. The number of hydrogen-bond donors (Lipinski definition) is 1. The molecule has 1 aromatic carbocycles. The number of rotatable bonds is 5. The summed E-state index contributed by atoms with van der Waals surface area (Å²) in [6.07, 6.45) is 2.31. The molecule has 0 saturated heterocycles. The smallest absolute Gasteiger partial charge is 0.0671 e. The van der Waals surface area contributed by atoms with Crippen LogP contribution in [0.4, 0.5) is 5.69 Å². The van der Waals surface area contributed by atoms with E-state index in [9.17, 15) is 0 Å². The Morgan fingerprint density at radius 1 is 1.33 bits per heavy atom. The van der Waals surface area contributed by atoms with Crippen molar-refractivity contribution < 1.29 is 0 Å². The van der Waals surface area contributed by atoms with E-state index >= 15 is 0 Å². The van der Waals surface area contributed by atoms with Crippen LogP contribution < -0.4 is 5.32 Å². The lowest BCUT2D eigenvalue weighted by atomic mass is 10.1. The summed E-state index contributed by atoms with van der Waals surface area (Å²) in [5, 5.41) is 11.9. The van der Waals surface area contributed by atoms with Gasteiger partial charge in [0.1, 0.15) is 0 Å². The van der Waals surface area contributed by atoms with Crippen LogP contribution in [0.25, 0.3) is 0 Å². The van der Waals surface area contributed by atoms with E-state index in [1.165, 1.54) is 12.0 Å². The fourth-order valence-corrected chi connectivity index (χ4v) is 1.39. The number of hydrogen-bond acceptors (Lipinski definition) is 2. The first-order chi connectivity index (χ1) is 7.26. The molecule has 1 atom stereocenters. The molecular formula is C13H18N2. The highest BCUT2D eigenvalue weighted by atomic mass is 14.9. The third-order valence-electron chi connectivity index (χ3n) is 2.33. The topological polar surface area (TPSA) is 35.8 Å². The Morgan fingerprint density at radius 3 is 2.53 bits per heavy atom. The second-order valence-corrected chi connectivity index (χ2v) is 3.86. The maximum absolute atomic E-state index is 8.64. The first kappa shape index (κ1) is 11.6. The van der Waals surface area contributed by atoms with Gasteiger partial charge in [-0.25, -0.2) is 0 Å².